The smallest absolute Gasteiger partial charge is 0.0635 e. The van der Waals surface area contributed by atoms with Gasteiger partial charge in [-0.15, -0.1) is 0 Å². The number of hydrogen-bond acceptors (Lipinski definition) is 3. The Bertz CT molecular complexity index is 97.7. The molecule has 0 saturated carbocycles. The fourth-order valence-electron chi connectivity index (χ4n) is 0.523. The van der Waals surface area contributed by atoms with E-state index in [1.807, 2.05) is 7.05 Å². The van der Waals surface area contributed by atoms with Gasteiger partial charge in [-0.05, 0) is 7.05 Å². The fraction of sp³-hybridized carbons (Fsp3) is 0.833. The minimum atomic E-state index is 0.615. The van der Waals surface area contributed by atoms with E-state index < -0.39 is 0 Å². The van der Waals surface area contributed by atoms with Crippen LogP contribution < -0.4 is 0 Å². The molecule has 0 bridgehead atoms. The summed E-state index contributed by atoms with van der Waals surface area (Å²) in [6.07, 6.45) is 0.615. The molecule has 0 aliphatic rings. The first-order valence-electron chi connectivity index (χ1n) is 2.97. The topological polar surface area (TPSA) is 27.0 Å². The molecular weight excluding hydrogens is 132 g/mol. The Labute approximate surface area is 61.9 Å². The predicted octanol–water partition coefficient (Wildman–Crippen LogP) is 0.762. The second kappa shape index (κ2) is 5.93. The Morgan fingerprint density at radius 1 is 1.56 bits per heavy atom. The van der Waals surface area contributed by atoms with Crippen LogP contribution in [0, 0.1) is 11.3 Å². The van der Waals surface area contributed by atoms with Crippen molar-refractivity contribution in [3.63, 3.8) is 0 Å². The first-order chi connectivity index (χ1) is 4.31. The fourth-order valence-corrected chi connectivity index (χ4v) is 0.865. The maximum Gasteiger partial charge on any atom is 0.0635 e. The van der Waals surface area contributed by atoms with Crippen molar-refractivity contribution in [1.82, 2.24) is 4.90 Å². The van der Waals surface area contributed by atoms with E-state index in [1.54, 1.807) is 0 Å². The van der Waals surface area contributed by atoms with Crippen LogP contribution in [-0.2, 0) is 0 Å². The Morgan fingerprint density at radius 3 is 2.67 bits per heavy atom. The van der Waals surface area contributed by atoms with E-state index in [2.05, 4.69) is 23.6 Å². The van der Waals surface area contributed by atoms with Crippen LogP contribution in [-0.4, -0.2) is 30.8 Å². The summed E-state index contributed by atoms with van der Waals surface area (Å²) in [6.45, 7) is 1.82. The minimum Gasteiger partial charge on any atom is -0.305 e. The third kappa shape index (κ3) is 5.67. The van der Waals surface area contributed by atoms with Gasteiger partial charge in [0.1, 0.15) is 0 Å². The molecule has 9 heavy (non-hydrogen) atoms. The molecule has 0 spiro atoms. The second-order valence-electron chi connectivity index (χ2n) is 1.93. The lowest BCUT2D eigenvalue weighted by Crippen LogP contribution is -2.21. The Morgan fingerprint density at radius 2 is 2.22 bits per heavy atom. The van der Waals surface area contributed by atoms with Crippen molar-refractivity contribution in [3.8, 4) is 6.07 Å². The highest BCUT2D eigenvalue weighted by Gasteiger charge is 1.92. The standard InChI is InChI=1S/C6H12N2S/c1-8(5-6-9)4-2-3-7/h9H,2,4-6H2,1H3. The molecule has 0 unspecified atom stereocenters. The predicted molar refractivity (Wildman–Crippen MR) is 41.6 cm³/mol. The van der Waals surface area contributed by atoms with Crippen LogP contribution in [0.15, 0.2) is 0 Å². The lowest BCUT2D eigenvalue weighted by Gasteiger charge is -2.11. The molecule has 0 aromatic rings. The molecule has 52 valence electrons. The molecule has 0 fully saturated rings. The van der Waals surface area contributed by atoms with Gasteiger partial charge in [0.05, 0.1) is 6.07 Å². The minimum absolute atomic E-state index is 0.615. The van der Waals surface area contributed by atoms with Crippen LogP contribution in [0.2, 0.25) is 0 Å². The summed E-state index contributed by atoms with van der Waals surface area (Å²) < 4.78 is 0. The van der Waals surface area contributed by atoms with Crippen LogP contribution >= 0.6 is 12.6 Å². The zero-order chi connectivity index (χ0) is 7.11. The quantitative estimate of drug-likeness (QED) is 0.590. The second-order valence-corrected chi connectivity index (χ2v) is 2.38. The van der Waals surface area contributed by atoms with E-state index >= 15 is 0 Å². The highest BCUT2D eigenvalue weighted by Crippen LogP contribution is 1.85. The molecule has 0 heterocycles. The molecule has 0 aliphatic carbocycles. The average Bonchev–Trinajstić information content (AvgIpc) is 1.85. The van der Waals surface area contributed by atoms with Gasteiger partial charge in [0.2, 0.25) is 0 Å². The molecule has 3 heteroatoms. The van der Waals surface area contributed by atoms with Crippen molar-refractivity contribution in [3.05, 3.63) is 0 Å². The molecule has 0 atom stereocenters. The zero-order valence-corrected chi connectivity index (χ0v) is 6.56. The molecule has 0 N–H and O–H groups in total. The zero-order valence-electron chi connectivity index (χ0n) is 5.67. The lowest BCUT2D eigenvalue weighted by molar-refractivity contribution is 0.365. The molecule has 0 aromatic carbocycles. The molecule has 0 aliphatic heterocycles. The molecule has 0 amide bonds. The molecule has 0 rings (SSSR count). The van der Waals surface area contributed by atoms with Gasteiger partial charge in [-0.3, -0.25) is 0 Å². The molecule has 2 nitrogen and oxygen atoms in total. The van der Waals surface area contributed by atoms with Crippen molar-refractivity contribution < 1.29 is 0 Å². The summed E-state index contributed by atoms with van der Waals surface area (Å²) in [5, 5.41) is 8.19. The highest BCUT2D eigenvalue weighted by atomic mass is 32.1. The summed E-state index contributed by atoms with van der Waals surface area (Å²) in [5.74, 6) is 0.863. The van der Waals surface area contributed by atoms with Gasteiger partial charge in [0, 0.05) is 25.3 Å². The van der Waals surface area contributed by atoms with E-state index in [0.29, 0.717) is 6.42 Å². The number of thiol groups is 1. The van der Waals surface area contributed by atoms with Gasteiger partial charge < -0.3 is 4.90 Å². The van der Waals surface area contributed by atoms with E-state index in [9.17, 15) is 0 Å². The summed E-state index contributed by atoms with van der Waals surface area (Å²) >= 11 is 4.06. The Kier molecular flexibility index (Phi) is 5.80. The van der Waals surface area contributed by atoms with Crippen LogP contribution in [0.25, 0.3) is 0 Å². The SMILES string of the molecule is CN(CCS)CCC#N. The highest BCUT2D eigenvalue weighted by molar-refractivity contribution is 7.80. The van der Waals surface area contributed by atoms with E-state index in [0.717, 1.165) is 18.8 Å². The first kappa shape index (κ1) is 8.80. The molecule has 0 saturated heterocycles. The van der Waals surface area contributed by atoms with Gasteiger partial charge >= 0.3 is 0 Å². The van der Waals surface area contributed by atoms with E-state index in [4.69, 9.17) is 5.26 Å². The van der Waals surface area contributed by atoms with Crippen LogP contribution in [0.3, 0.4) is 0 Å². The van der Waals surface area contributed by atoms with Gasteiger partial charge in [-0.1, -0.05) is 0 Å². The summed E-state index contributed by atoms with van der Waals surface area (Å²) in [6, 6.07) is 2.09. The largest absolute Gasteiger partial charge is 0.305 e. The van der Waals surface area contributed by atoms with Crippen molar-refractivity contribution in [1.29, 1.82) is 5.26 Å². The maximum atomic E-state index is 8.19. The van der Waals surface area contributed by atoms with Crippen molar-refractivity contribution >= 4 is 12.6 Å². The van der Waals surface area contributed by atoms with Gasteiger partial charge in [0.25, 0.3) is 0 Å². The third-order valence-electron chi connectivity index (χ3n) is 1.09. The van der Waals surface area contributed by atoms with Crippen LogP contribution in [0.1, 0.15) is 6.42 Å². The van der Waals surface area contributed by atoms with E-state index in [1.165, 1.54) is 0 Å². The van der Waals surface area contributed by atoms with Crippen LogP contribution in [0.4, 0.5) is 0 Å². The lowest BCUT2D eigenvalue weighted by atomic mass is 10.4. The molecule has 0 aromatic heterocycles. The number of nitrogens with zero attached hydrogens (tertiary/aromatic N) is 2. The average molecular weight is 144 g/mol. The number of hydrogen-bond donors (Lipinski definition) is 1. The van der Waals surface area contributed by atoms with E-state index in [-0.39, 0.29) is 0 Å². The third-order valence-corrected chi connectivity index (χ3v) is 1.29. The molecule has 0 radical (unpaired) electrons. The molecular formula is C6H12N2S. The summed E-state index contributed by atoms with van der Waals surface area (Å²) in [5.41, 5.74) is 0. The van der Waals surface area contributed by atoms with Crippen molar-refractivity contribution in [2.24, 2.45) is 0 Å². The number of rotatable bonds is 4. The Hall–Kier alpha value is -0.200. The summed E-state index contributed by atoms with van der Waals surface area (Å²) in [7, 11) is 1.99. The summed E-state index contributed by atoms with van der Waals surface area (Å²) in [4.78, 5) is 2.09. The normalized spacial score (nSPS) is 9.56. The van der Waals surface area contributed by atoms with Gasteiger partial charge in [0.15, 0.2) is 0 Å². The van der Waals surface area contributed by atoms with Crippen LogP contribution in [0.5, 0.6) is 0 Å². The number of nitriles is 1. The first-order valence-corrected chi connectivity index (χ1v) is 3.61. The Balaban J connectivity index is 3.07. The van der Waals surface area contributed by atoms with Crippen molar-refractivity contribution in [2.45, 2.75) is 6.42 Å². The van der Waals surface area contributed by atoms with Gasteiger partial charge in [-0.2, -0.15) is 17.9 Å². The maximum absolute atomic E-state index is 8.19. The van der Waals surface area contributed by atoms with Crippen molar-refractivity contribution in [2.75, 3.05) is 25.9 Å². The monoisotopic (exact) mass is 144 g/mol. The van der Waals surface area contributed by atoms with Gasteiger partial charge in [-0.25, -0.2) is 0 Å².